The van der Waals surface area contributed by atoms with Crippen molar-refractivity contribution in [2.45, 2.75) is 13.0 Å². The van der Waals surface area contributed by atoms with E-state index >= 15 is 0 Å². The Labute approximate surface area is 102 Å². The van der Waals surface area contributed by atoms with Crippen LogP contribution in [0.5, 0.6) is 0 Å². The highest BCUT2D eigenvalue weighted by atomic mass is 79.9. The van der Waals surface area contributed by atoms with Crippen molar-refractivity contribution in [3.63, 3.8) is 0 Å². The molecule has 0 aliphatic carbocycles. The first kappa shape index (κ1) is 13.2. The first-order valence-electron chi connectivity index (χ1n) is 4.77. The van der Waals surface area contributed by atoms with Crippen LogP contribution in [0.1, 0.15) is 17.2 Å². The Morgan fingerprint density at radius 2 is 2.25 bits per heavy atom. The first-order chi connectivity index (χ1) is 7.56. The van der Waals surface area contributed by atoms with Crippen molar-refractivity contribution in [3.8, 4) is 0 Å². The molecule has 1 atom stereocenters. The Bertz CT molecular complexity index is 378. The number of aliphatic hydroxyl groups excluding tert-OH is 1. The van der Waals surface area contributed by atoms with Gasteiger partial charge in [-0.1, -0.05) is 28.1 Å². The topological polar surface area (TPSA) is 66.8 Å². The molecule has 16 heavy (non-hydrogen) atoms. The van der Waals surface area contributed by atoms with Crippen LogP contribution >= 0.6 is 15.9 Å². The summed E-state index contributed by atoms with van der Waals surface area (Å²) in [6, 6.07) is 5.22. The van der Waals surface area contributed by atoms with Crippen molar-refractivity contribution < 1.29 is 19.7 Å². The van der Waals surface area contributed by atoms with Gasteiger partial charge >= 0.3 is 5.97 Å². The predicted molar refractivity (Wildman–Crippen MR) is 62.3 cm³/mol. The molecule has 0 fully saturated rings. The van der Waals surface area contributed by atoms with Crippen LogP contribution in [0.25, 0.3) is 0 Å². The van der Waals surface area contributed by atoms with Crippen LogP contribution in [-0.2, 0) is 9.53 Å². The Balaban J connectivity index is 2.92. The first-order valence-corrected chi connectivity index (χ1v) is 5.57. The summed E-state index contributed by atoms with van der Waals surface area (Å²) in [5.41, 5.74) is 1.51. The fourth-order valence-electron chi connectivity index (χ4n) is 1.31. The van der Waals surface area contributed by atoms with E-state index < -0.39 is 12.1 Å². The van der Waals surface area contributed by atoms with Gasteiger partial charge in [0.25, 0.3) is 0 Å². The number of halogens is 1. The van der Waals surface area contributed by atoms with Gasteiger partial charge in [0.2, 0.25) is 0 Å². The van der Waals surface area contributed by atoms with Gasteiger partial charge in [-0.3, -0.25) is 0 Å². The highest BCUT2D eigenvalue weighted by Gasteiger charge is 2.20. The van der Waals surface area contributed by atoms with E-state index in [-0.39, 0.29) is 13.2 Å². The molecule has 0 aliphatic heterocycles. The third-order valence-corrected chi connectivity index (χ3v) is 2.97. The number of rotatable bonds is 5. The number of aliphatic carboxylic acids is 1. The second-order valence-electron chi connectivity index (χ2n) is 3.32. The van der Waals surface area contributed by atoms with Gasteiger partial charge in [0, 0.05) is 4.47 Å². The monoisotopic (exact) mass is 288 g/mol. The normalized spacial score (nSPS) is 12.4. The van der Waals surface area contributed by atoms with E-state index in [1.807, 2.05) is 6.92 Å². The maximum atomic E-state index is 11.0. The summed E-state index contributed by atoms with van der Waals surface area (Å²) in [6.45, 7) is 1.68. The quantitative estimate of drug-likeness (QED) is 0.868. The molecule has 1 unspecified atom stereocenters. The Morgan fingerprint density at radius 3 is 2.75 bits per heavy atom. The molecule has 0 heterocycles. The average molecular weight is 289 g/mol. The second-order valence-corrected chi connectivity index (χ2v) is 4.18. The summed E-state index contributed by atoms with van der Waals surface area (Å²) in [7, 11) is 0. The summed E-state index contributed by atoms with van der Waals surface area (Å²) < 4.78 is 5.99. The molecule has 4 nitrogen and oxygen atoms in total. The molecule has 0 radical (unpaired) electrons. The molecule has 0 saturated carbocycles. The molecule has 0 aromatic heterocycles. The van der Waals surface area contributed by atoms with E-state index in [1.165, 1.54) is 0 Å². The summed E-state index contributed by atoms with van der Waals surface area (Å²) in [6.07, 6.45) is -1.03. The third kappa shape index (κ3) is 3.30. The lowest BCUT2D eigenvalue weighted by Gasteiger charge is -2.14. The number of hydrogen-bond donors (Lipinski definition) is 2. The average Bonchev–Trinajstić information content (AvgIpc) is 2.23. The summed E-state index contributed by atoms with van der Waals surface area (Å²) in [5.74, 6) is -1.06. The summed E-state index contributed by atoms with van der Waals surface area (Å²) in [5, 5.41) is 17.6. The SMILES string of the molecule is Cc1cc(C(OCCO)C(=O)O)ccc1Br. The van der Waals surface area contributed by atoms with Crippen LogP contribution in [0.4, 0.5) is 0 Å². The molecule has 1 rings (SSSR count). The molecule has 2 N–H and O–H groups in total. The van der Waals surface area contributed by atoms with Crippen molar-refractivity contribution in [2.75, 3.05) is 13.2 Å². The summed E-state index contributed by atoms with van der Waals surface area (Å²) >= 11 is 3.34. The molecule has 1 aromatic rings. The number of benzene rings is 1. The van der Waals surface area contributed by atoms with Crippen molar-refractivity contribution in [3.05, 3.63) is 33.8 Å². The predicted octanol–water partition coefficient (Wildman–Crippen LogP) is 1.89. The smallest absolute Gasteiger partial charge is 0.337 e. The fourth-order valence-corrected chi connectivity index (χ4v) is 1.56. The minimum atomic E-state index is -1.06. The van der Waals surface area contributed by atoms with Gasteiger partial charge in [0.1, 0.15) is 0 Å². The van der Waals surface area contributed by atoms with Crippen molar-refractivity contribution >= 4 is 21.9 Å². The van der Waals surface area contributed by atoms with E-state index in [9.17, 15) is 4.79 Å². The Morgan fingerprint density at radius 1 is 1.56 bits per heavy atom. The molecule has 88 valence electrons. The number of carboxylic acids is 1. The highest BCUT2D eigenvalue weighted by Crippen LogP contribution is 2.23. The molecule has 0 bridgehead atoms. The van der Waals surface area contributed by atoms with Crippen molar-refractivity contribution in [1.29, 1.82) is 0 Å². The number of ether oxygens (including phenoxy) is 1. The zero-order valence-electron chi connectivity index (χ0n) is 8.81. The molecule has 5 heteroatoms. The van der Waals surface area contributed by atoms with Gasteiger partial charge in [0.15, 0.2) is 6.10 Å². The minimum absolute atomic E-state index is 0.00603. The van der Waals surface area contributed by atoms with E-state index in [0.717, 1.165) is 10.0 Å². The number of hydrogen-bond acceptors (Lipinski definition) is 3. The van der Waals surface area contributed by atoms with Crippen LogP contribution < -0.4 is 0 Å². The van der Waals surface area contributed by atoms with Gasteiger partial charge in [-0.15, -0.1) is 0 Å². The Kier molecular flexibility index (Phi) is 4.92. The van der Waals surface area contributed by atoms with Gasteiger partial charge in [-0.25, -0.2) is 4.79 Å². The molecular weight excluding hydrogens is 276 g/mol. The molecule has 0 aliphatic rings. The van der Waals surface area contributed by atoms with Crippen LogP contribution in [-0.4, -0.2) is 29.4 Å². The molecule has 0 saturated heterocycles. The van der Waals surface area contributed by atoms with E-state index in [4.69, 9.17) is 14.9 Å². The zero-order chi connectivity index (χ0) is 12.1. The van der Waals surface area contributed by atoms with Crippen LogP contribution in [0.2, 0.25) is 0 Å². The van der Waals surface area contributed by atoms with E-state index in [0.29, 0.717) is 5.56 Å². The largest absolute Gasteiger partial charge is 0.479 e. The second kappa shape index (κ2) is 5.98. The molecule has 0 spiro atoms. The summed E-state index contributed by atoms with van der Waals surface area (Å²) in [4.78, 5) is 11.0. The number of aliphatic hydroxyl groups is 1. The van der Waals surface area contributed by atoms with Crippen molar-refractivity contribution in [2.24, 2.45) is 0 Å². The maximum absolute atomic E-state index is 11.0. The highest BCUT2D eigenvalue weighted by molar-refractivity contribution is 9.10. The number of carbonyl (C=O) groups is 1. The van der Waals surface area contributed by atoms with Crippen LogP contribution in [0, 0.1) is 6.92 Å². The number of carboxylic acid groups (broad SMARTS) is 1. The van der Waals surface area contributed by atoms with Gasteiger partial charge in [0.05, 0.1) is 13.2 Å². The molecule has 0 amide bonds. The number of aryl methyl sites for hydroxylation is 1. The van der Waals surface area contributed by atoms with Gasteiger partial charge < -0.3 is 14.9 Å². The van der Waals surface area contributed by atoms with E-state index in [2.05, 4.69) is 15.9 Å². The van der Waals surface area contributed by atoms with Crippen LogP contribution in [0.15, 0.2) is 22.7 Å². The zero-order valence-corrected chi connectivity index (χ0v) is 10.4. The lowest BCUT2D eigenvalue weighted by Crippen LogP contribution is -2.17. The molecular formula is C11H13BrO4. The van der Waals surface area contributed by atoms with Crippen LogP contribution in [0.3, 0.4) is 0 Å². The van der Waals surface area contributed by atoms with Gasteiger partial charge in [-0.2, -0.15) is 0 Å². The van der Waals surface area contributed by atoms with E-state index in [1.54, 1.807) is 18.2 Å². The minimum Gasteiger partial charge on any atom is -0.479 e. The third-order valence-electron chi connectivity index (χ3n) is 2.08. The maximum Gasteiger partial charge on any atom is 0.337 e. The Hall–Kier alpha value is -0.910. The molecule has 1 aromatic carbocycles. The van der Waals surface area contributed by atoms with Gasteiger partial charge in [-0.05, 0) is 24.1 Å². The van der Waals surface area contributed by atoms with Crippen molar-refractivity contribution in [1.82, 2.24) is 0 Å². The lowest BCUT2D eigenvalue weighted by atomic mass is 10.1. The fraction of sp³-hybridized carbons (Fsp3) is 0.364. The lowest BCUT2D eigenvalue weighted by molar-refractivity contribution is -0.151. The standard InChI is InChI=1S/C11H13BrO4/c1-7-6-8(2-3-9(7)12)10(11(14)15)16-5-4-13/h2-3,6,10,13H,4-5H2,1H3,(H,14,15).